The fourth-order valence-electron chi connectivity index (χ4n) is 2.71. The van der Waals surface area contributed by atoms with E-state index in [9.17, 15) is 22.0 Å². The largest absolute Gasteiger partial charge is 0.379 e. The lowest BCUT2D eigenvalue weighted by Gasteiger charge is -2.26. The first kappa shape index (κ1) is 19.4. The molecular weight excluding hydrogens is 378 g/mol. The van der Waals surface area contributed by atoms with Crippen molar-refractivity contribution in [3.63, 3.8) is 0 Å². The summed E-state index contributed by atoms with van der Waals surface area (Å²) in [5.74, 6) is -2.73. The molecule has 6 nitrogen and oxygen atoms in total. The van der Waals surface area contributed by atoms with Gasteiger partial charge in [0, 0.05) is 30.4 Å². The summed E-state index contributed by atoms with van der Waals surface area (Å²) in [6.45, 7) is 2.77. The molecule has 2 aromatic carbocycles. The third-order valence-corrected chi connectivity index (χ3v) is 6.13. The molecule has 0 atom stereocenters. The fourth-order valence-corrected chi connectivity index (χ4v) is 4.15. The van der Waals surface area contributed by atoms with E-state index in [1.807, 2.05) is 0 Å². The molecule has 1 N–H and O–H groups in total. The molecule has 3 rings (SSSR count). The van der Waals surface area contributed by atoms with E-state index in [1.165, 1.54) is 28.6 Å². The van der Waals surface area contributed by atoms with Crippen molar-refractivity contribution in [1.82, 2.24) is 4.31 Å². The van der Waals surface area contributed by atoms with Crippen LogP contribution >= 0.6 is 0 Å². The van der Waals surface area contributed by atoms with E-state index >= 15 is 0 Å². The Morgan fingerprint density at radius 3 is 2.44 bits per heavy atom. The van der Waals surface area contributed by atoms with Gasteiger partial charge in [0.05, 0.1) is 18.1 Å². The van der Waals surface area contributed by atoms with Gasteiger partial charge in [-0.15, -0.1) is 0 Å². The number of nitrogens with zero attached hydrogens (tertiary/aromatic N) is 1. The van der Waals surface area contributed by atoms with Crippen molar-refractivity contribution in [3.8, 4) is 0 Å². The molecule has 1 saturated heterocycles. The number of ether oxygens (including phenoxy) is 1. The number of morpholine rings is 1. The van der Waals surface area contributed by atoms with Crippen LogP contribution in [0.25, 0.3) is 0 Å². The molecule has 1 fully saturated rings. The molecule has 144 valence electrons. The van der Waals surface area contributed by atoms with E-state index in [1.54, 1.807) is 6.92 Å². The Kier molecular flexibility index (Phi) is 5.54. The standard InChI is InChI=1S/C18H18F2N2O4S/c1-12-2-4-14(27(24,25)22-6-8-26-9-7-22)11-15(12)18(23)21-13-3-5-16(19)17(20)10-13/h2-5,10-11H,6-9H2,1H3,(H,21,23). The molecule has 0 aliphatic carbocycles. The number of carbonyl (C=O) groups is 1. The average molecular weight is 396 g/mol. The average Bonchev–Trinajstić information content (AvgIpc) is 2.65. The molecule has 27 heavy (non-hydrogen) atoms. The quantitative estimate of drug-likeness (QED) is 0.862. The number of anilines is 1. The van der Waals surface area contributed by atoms with Gasteiger partial charge in [0.15, 0.2) is 11.6 Å². The van der Waals surface area contributed by atoms with Crippen molar-refractivity contribution < 1.29 is 26.7 Å². The Morgan fingerprint density at radius 1 is 1.07 bits per heavy atom. The van der Waals surface area contributed by atoms with Gasteiger partial charge in [-0.25, -0.2) is 17.2 Å². The van der Waals surface area contributed by atoms with Crippen molar-refractivity contribution in [2.75, 3.05) is 31.6 Å². The van der Waals surface area contributed by atoms with Gasteiger partial charge in [0.2, 0.25) is 10.0 Å². The van der Waals surface area contributed by atoms with Gasteiger partial charge in [0.1, 0.15) is 0 Å². The third kappa shape index (κ3) is 4.15. The van der Waals surface area contributed by atoms with Gasteiger partial charge in [-0.2, -0.15) is 4.31 Å². The molecule has 1 aliphatic heterocycles. The Morgan fingerprint density at radius 2 is 1.78 bits per heavy atom. The number of carbonyl (C=O) groups excluding carboxylic acids is 1. The summed E-state index contributed by atoms with van der Waals surface area (Å²) in [6.07, 6.45) is 0. The maximum Gasteiger partial charge on any atom is 0.255 e. The van der Waals surface area contributed by atoms with E-state index in [4.69, 9.17) is 4.74 Å². The van der Waals surface area contributed by atoms with Gasteiger partial charge in [-0.05, 0) is 36.8 Å². The topological polar surface area (TPSA) is 75.7 Å². The van der Waals surface area contributed by atoms with Crippen LogP contribution < -0.4 is 5.32 Å². The summed E-state index contributed by atoms with van der Waals surface area (Å²) in [5.41, 5.74) is 0.754. The Bertz CT molecular complexity index is 973. The predicted molar refractivity (Wildman–Crippen MR) is 95.1 cm³/mol. The number of nitrogens with one attached hydrogen (secondary N) is 1. The highest BCUT2D eigenvalue weighted by Crippen LogP contribution is 2.22. The first-order chi connectivity index (χ1) is 12.8. The monoisotopic (exact) mass is 396 g/mol. The minimum absolute atomic E-state index is 0.00885. The summed E-state index contributed by atoms with van der Waals surface area (Å²) in [6, 6.07) is 7.24. The van der Waals surface area contributed by atoms with Crippen molar-refractivity contribution in [2.45, 2.75) is 11.8 Å². The van der Waals surface area contributed by atoms with Crippen LogP contribution in [0.3, 0.4) is 0 Å². The molecule has 0 radical (unpaired) electrons. The molecule has 1 amide bonds. The predicted octanol–water partition coefficient (Wildman–Crippen LogP) is 2.55. The van der Waals surface area contributed by atoms with Crippen molar-refractivity contribution in [3.05, 3.63) is 59.2 Å². The molecule has 0 aromatic heterocycles. The second-order valence-electron chi connectivity index (χ2n) is 6.08. The van der Waals surface area contributed by atoms with Crippen LogP contribution in [0.4, 0.5) is 14.5 Å². The number of hydrogen-bond donors (Lipinski definition) is 1. The maximum absolute atomic E-state index is 13.3. The zero-order valence-corrected chi connectivity index (χ0v) is 15.4. The van der Waals surface area contributed by atoms with Crippen LogP contribution in [-0.2, 0) is 14.8 Å². The van der Waals surface area contributed by atoms with Crippen LogP contribution in [0, 0.1) is 18.6 Å². The summed E-state index contributed by atoms with van der Waals surface area (Å²) in [7, 11) is -3.76. The van der Waals surface area contributed by atoms with E-state index in [0.29, 0.717) is 18.8 Å². The lowest BCUT2D eigenvalue weighted by Crippen LogP contribution is -2.40. The highest BCUT2D eigenvalue weighted by molar-refractivity contribution is 7.89. The first-order valence-electron chi connectivity index (χ1n) is 8.24. The lowest BCUT2D eigenvalue weighted by molar-refractivity contribution is 0.0730. The number of hydrogen-bond acceptors (Lipinski definition) is 4. The minimum atomic E-state index is -3.76. The van der Waals surface area contributed by atoms with Crippen LogP contribution in [0.1, 0.15) is 15.9 Å². The molecule has 9 heteroatoms. The van der Waals surface area contributed by atoms with Crippen LogP contribution in [0.5, 0.6) is 0 Å². The zero-order valence-electron chi connectivity index (χ0n) is 14.5. The second kappa shape index (κ2) is 7.71. The number of amides is 1. The Hall–Kier alpha value is -2.36. The molecular formula is C18H18F2N2O4S. The van der Waals surface area contributed by atoms with Gasteiger partial charge in [-0.1, -0.05) is 6.07 Å². The number of halogens is 2. The molecule has 1 heterocycles. The van der Waals surface area contributed by atoms with Crippen LogP contribution in [-0.4, -0.2) is 44.9 Å². The van der Waals surface area contributed by atoms with Gasteiger partial charge in [0.25, 0.3) is 5.91 Å². The van der Waals surface area contributed by atoms with Gasteiger partial charge >= 0.3 is 0 Å². The Labute approximate surface area is 155 Å². The van der Waals surface area contributed by atoms with E-state index in [-0.39, 0.29) is 29.2 Å². The fraction of sp³-hybridized carbons (Fsp3) is 0.278. The number of sulfonamides is 1. The number of rotatable bonds is 4. The second-order valence-corrected chi connectivity index (χ2v) is 8.01. The maximum atomic E-state index is 13.3. The zero-order chi connectivity index (χ0) is 19.6. The highest BCUT2D eigenvalue weighted by atomic mass is 32.2. The Balaban J connectivity index is 1.88. The molecule has 1 aliphatic rings. The summed E-state index contributed by atoms with van der Waals surface area (Å²) >= 11 is 0. The molecule has 0 bridgehead atoms. The summed E-state index contributed by atoms with van der Waals surface area (Å²) < 4.78 is 58.3. The third-order valence-electron chi connectivity index (χ3n) is 4.24. The molecule has 2 aromatic rings. The lowest BCUT2D eigenvalue weighted by atomic mass is 10.1. The highest BCUT2D eigenvalue weighted by Gasteiger charge is 2.27. The van der Waals surface area contributed by atoms with Crippen LogP contribution in [0.15, 0.2) is 41.3 Å². The van der Waals surface area contributed by atoms with Crippen molar-refractivity contribution in [1.29, 1.82) is 0 Å². The van der Waals surface area contributed by atoms with E-state index in [0.717, 1.165) is 12.1 Å². The van der Waals surface area contributed by atoms with Gasteiger partial charge < -0.3 is 10.1 Å². The minimum Gasteiger partial charge on any atom is -0.379 e. The molecule has 0 unspecified atom stereocenters. The van der Waals surface area contributed by atoms with Crippen molar-refractivity contribution >= 4 is 21.6 Å². The molecule has 0 saturated carbocycles. The molecule has 0 spiro atoms. The smallest absolute Gasteiger partial charge is 0.255 e. The summed E-state index contributed by atoms with van der Waals surface area (Å²) in [4.78, 5) is 12.5. The van der Waals surface area contributed by atoms with Crippen LogP contribution in [0.2, 0.25) is 0 Å². The normalized spacial score (nSPS) is 15.5. The number of aryl methyl sites for hydroxylation is 1. The summed E-state index contributed by atoms with van der Waals surface area (Å²) in [5, 5.41) is 2.45. The van der Waals surface area contributed by atoms with Gasteiger partial charge in [-0.3, -0.25) is 4.79 Å². The first-order valence-corrected chi connectivity index (χ1v) is 9.68. The SMILES string of the molecule is Cc1ccc(S(=O)(=O)N2CCOCC2)cc1C(=O)Nc1ccc(F)c(F)c1. The van der Waals surface area contributed by atoms with Crippen molar-refractivity contribution in [2.24, 2.45) is 0 Å². The number of benzene rings is 2. The van der Waals surface area contributed by atoms with E-state index < -0.39 is 27.6 Å². The van der Waals surface area contributed by atoms with E-state index in [2.05, 4.69) is 5.32 Å².